The van der Waals surface area contributed by atoms with Gasteiger partial charge >= 0.3 is 0 Å². The first-order valence-electron chi connectivity index (χ1n) is 32.8. The number of fused-ring (bicyclic) bond motifs is 15. The number of aryl methyl sites for hydroxylation is 1. The summed E-state index contributed by atoms with van der Waals surface area (Å²) in [6, 6.07) is 52.8. The molecule has 8 aromatic carbocycles. The molecule has 1 fully saturated rings. The van der Waals surface area contributed by atoms with E-state index in [0.717, 1.165) is 12.8 Å². The highest BCUT2D eigenvalue weighted by Crippen LogP contribution is 2.62. The average Bonchev–Trinajstić information content (AvgIpc) is 1.68. The average molecular weight is 1180 g/mol. The smallest absolute Gasteiger partial charge is 0.252 e. The fraction of sp³-hybridized carbons (Fsp3) is 0.407. The van der Waals surface area contributed by atoms with Crippen molar-refractivity contribution in [3.05, 3.63) is 172 Å². The lowest BCUT2D eigenvalue weighted by Gasteiger charge is -2.51. The predicted octanol–water partition coefficient (Wildman–Crippen LogP) is 22.1. The normalized spacial score (nSPS) is 20.5. The minimum Gasteiger partial charge on any atom is -0.334 e. The Morgan fingerprint density at radius 3 is 1.60 bits per heavy atom. The molecule has 0 bridgehead atoms. The van der Waals surface area contributed by atoms with E-state index in [1.807, 2.05) is 22.7 Å². The monoisotopic (exact) mass is 1180 g/mol. The standard InChI is InChI=1S/C81H90BN3S2/c1-47-39-57-58(79(16,17)38-37-78(57,14)15)46-64(47)84-67-44-51(77(11,12)13)43-66-70(67)82(61-31-29-54-56-41-49(75(5,6)7)27-34-69(56)87-73(54)71(61)84)60-30-28-52(85-62-32-25-50(76(8,9)10)42-59(62)80(18)35-20-21-36-81(80,85)19)45-65(60)83(66)63-24-22-23-53-55-40-48(74(2,3)4)26-33-68(55)86-72(53)63/h22-34,39-46H,20-21,35-38H2,1-19H3. The van der Waals surface area contributed by atoms with Crippen molar-refractivity contribution in [3.63, 3.8) is 0 Å². The van der Waals surface area contributed by atoms with E-state index in [0.29, 0.717) is 0 Å². The molecular formula is C81H90BN3S2. The van der Waals surface area contributed by atoms with Crippen LogP contribution in [0.15, 0.2) is 127 Å². The largest absolute Gasteiger partial charge is 0.334 e. The van der Waals surface area contributed by atoms with Crippen LogP contribution >= 0.6 is 22.7 Å². The first-order valence-corrected chi connectivity index (χ1v) is 34.4. The van der Waals surface area contributed by atoms with Crippen LogP contribution in [0.25, 0.3) is 40.3 Å². The van der Waals surface area contributed by atoms with Gasteiger partial charge < -0.3 is 14.7 Å². The summed E-state index contributed by atoms with van der Waals surface area (Å²) in [5.74, 6) is 0. The molecule has 3 nitrogen and oxygen atoms in total. The molecular weight excluding hydrogens is 1090 g/mol. The molecule has 2 unspecified atom stereocenters. The molecule has 87 heavy (non-hydrogen) atoms. The molecule has 0 spiro atoms. The van der Waals surface area contributed by atoms with E-state index in [2.05, 4.69) is 274 Å². The fourth-order valence-corrected chi connectivity index (χ4v) is 19.2. The number of nitrogens with zero attached hydrogens (tertiary/aromatic N) is 3. The predicted molar refractivity (Wildman–Crippen MR) is 384 cm³/mol. The zero-order valence-electron chi connectivity index (χ0n) is 55.6. The van der Waals surface area contributed by atoms with Crippen molar-refractivity contribution in [3.8, 4) is 0 Å². The van der Waals surface area contributed by atoms with E-state index in [9.17, 15) is 0 Å². The van der Waals surface area contributed by atoms with Crippen molar-refractivity contribution >= 4 is 132 Å². The van der Waals surface area contributed by atoms with Crippen molar-refractivity contribution in [2.24, 2.45) is 0 Å². The molecule has 444 valence electrons. The van der Waals surface area contributed by atoms with Crippen molar-refractivity contribution in [2.75, 3.05) is 14.7 Å². The minimum atomic E-state index is -0.178. The quantitative estimate of drug-likeness (QED) is 0.163. The lowest BCUT2D eigenvalue weighted by molar-refractivity contribution is 0.195. The summed E-state index contributed by atoms with van der Waals surface area (Å²) in [4.78, 5) is 8.41. The van der Waals surface area contributed by atoms with Gasteiger partial charge in [-0.25, -0.2) is 0 Å². The van der Waals surface area contributed by atoms with Gasteiger partial charge in [0.2, 0.25) is 0 Å². The second kappa shape index (κ2) is 18.4. The van der Waals surface area contributed by atoms with E-state index in [-0.39, 0.29) is 50.2 Å². The topological polar surface area (TPSA) is 9.72 Å². The van der Waals surface area contributed by atoms with Crippen LogP contribution in [0.3, 0.4) is 0 Å². The Hall–Kier alpha value is -6.34. The van der Waals surface area contributed by atoms with Gasteiger partial charge in [-0.05, 0) is 200 Å². The third-order valence-electron chi connectivity index (χ3n) is 22.6. The van der Waals surface area contributed by atoms with Gasteiger partial charge in [-0.15, -0.1) is 22.7 Å². The molecule has 0 radical (unpaired) electrons. The van der Waals surface area contributed by atoms with E-state index < -0.39 is 0 Å². The van der Waals surface area contributed by atoms with Crippen LogP contribution in [0.2, 0.25) is 0 Å². The number of hydrogen-bond acceptors (Lipinski definition) is 5. The van der Waals surface area contributed by atoms with Gasteiger partial charge in [-0.3, -0.25) is 0 Å². The van der Waals surface area contributed by atoms with Crippen molar-refractivity contribution < 1.29 is 0 Å². The Kier molecular flexibility index (Phi) is 12.1. The van der Waals surface area contributed by atoms with Crippen LogP contribution in [0, 0.1) is 6.92 Å². The summed E-state index contributed by atoms with van der Waals surface area (Å²) in [5, 5.41) is 5.39. The first kappa shape index (κ1) is 57.1. The van der Waals surface area contributed by atoms with E-state index in [4.69, 9.17) is 0 Å². The molecule has 10 aromatic rings. The Morgan fingerprint density at radius 2 is 0.966 bits per heavy atom. The van der Waals surface area contributed by atoms with Crippen LogP contribution in [-0.4, -0.2) is 12.3 Å². The van der Waals surface area contributed by atoms with Crippen LogP contribution in [0.4, 0.5) is 45.5 Å². The summed E-state index contributed by atoms with van der Waals surface area (Å²) in [7, 11) is 0. The number of thiophene rings is 2. The third kappa shape index (κ3) is 8.23. The molecule has 5 heterocycles. The number of hydrogen-bond donors (Lipinski definition) is 0. The number of rotatable bonds is 3. The van der Waals surface area contributed by atoms with Crippen molar-refractivity contribution in [1.82, 2.24) is 0 Å². The van der Waals surface area contributed by atoms with Crippen LogP contribution in [0.5, 0.6) is 0 Å². The van der Waals surface area contributed by atoms with Gasteiger partial charge in [0, 0.05) is 70.5 Å². The highest BCUT2D eigenvalue weighted by atomic mass is 32.1. The molecule has 5 aliphatic rings. The molecule has 3 aliphatic heterocycles. The summed E-state index contributed by atoms with van der Waals surface area (Å²) in [5.41, 5.74) is 25.8. The first-order chi connectivity index (χ1) is 40.8. The lowest BCUT2D eigenvalue weighted by Crippen LogP contribution is -2.61. The van der Waals surface area contributed by atoms with Crippen LogP contribution in [0.1, 0.15) is 208 Å². The Morgan fingerprint density at radius 1 is 0.414 bits per heavy atom. The Balaban J connectivity index is 1.07. The fourth-order valence-electron chi connectivity index (χ4n) is 16.8. The summed E-state index contributed by atoms with van der Waals surface area (Å²) < 4.78 is 5.39. The molecule has 0 saturated heterocycles. The molecule has 0 N–H and O–H groups in total. The second-order valence-electron chi connectivity index (χ2n) is 33.3. The Bertz CT molecular complexity index is 4590. The number of benzene rings is 8. The van der Waals surface area contributed by atoms with E-state index >= 15 is 0 Å². The van der Waals surface area contributed by atoms with Crippen LogP contribution in [-0.2, 0) is 37.9 Å². The van der Waals surface area contributed by atoms with Crippen LogP contribution < -0.4 is 31.1 Å². The summed E-state index contributed by atoms with van der Waals surface area (Å²) in [6.07, 6.45) is 7.16. The zero-order valence-corrected chi connectivity index (χ0v) is 57.2. The van der Waals surface area contributed by atoms with Gasteiger partial charge in [0.25, 0.3) is 6.71 Å². The van der Waals surface area contributed by atoms with Gasteiger partial charge in [0.15, 0.2) is 0 Å². The molecule has 2 atom stereocenters. The molecule has 1 saturated carbocycles. The van der Waals surface area contributed by atoms with Gasteiger partial charge in [0.1, 0.15) is 0 Å². The van der Waals surface area contributed by atoms with E-state index in [1.54, 1.807) is 0 Å². The lowest BCUT2D eigenvalue weighted by atomic mass is 9.33. The summed E-state index contributed by atoms with van der Waals surface area (Å²) in [6.45, 7) is 46.1. The highest BCUT2D eigenvalue weighted by Gasteiger charge is 2.58. The van der Waals surface area contributed by atoms with Gasteiger partial charge in [-0.1, -0.05) is 191 Å². The molecule has 15 rings (SSSR count). The maximum Gasteiger partial charge on any atom is 0.252 e. The molecule has 6 heteroatoms. The maximum absolute atomic E-state index is 2.83. The maximum atomic E-state index is 2.83. The molecule has 2 aliphatic carbocycles. The molecule has 0 amide bonds. The molecule has 2 aromatic heterocycles. The van der Waals surface area contributed by atoms with E-state index in [1.165, 1.54) is 172 Å². The Labute approximate surface area is 528 Å². The van der Waals surface area contributed by atoms with Gasteiger partial charge in [-0.2, -0.15) is 0 Å². The highest BCUT2D eigenvalue weighted by molar-refractivity contribution is 7.27. The number of anilines is 8. The zero-order chi connectivity index (χ0) is 61.4. The van der Waals surface area contributed by atoms with Gasteiger partial charge in [0.05, 0.1) is 26.3 Å². The summed E-state index contributed by atoms with van der Waals surface area (Å²) >= 11 is 3.97. The minimum absolute atomic E-state index is 0.00998. The van der Waals surface area contributed by atoms with Crippen molar-refractivity contribution in [1.29, 1.82) is 0 Å². The SMILES string of the molecule is Cc1cc2c(cc1N1c3cc(C(C)(C)C)cc4c3B(c3ccc(N5c6ccc(C(C)(C)C)cc6C6(C)CCCCC56C)cc3N4c3cccc4c3sc3ccc(C(C)(C)C)cc34)c3ccc4c(sc5ccc(C(C)(C)C)cc54)c31)C(C)(C)CCC2(C)C. The second-order valence-corrected chi connectivity index (χ2v) is 35.4. The third-order valence-corrected chi connectivity index (χ3v) is 25.0. The van der Waals surface area contributed by atoms with Crippen molar-refractivity contribution in [2.45, 2.75) is 214 Å².